The Hall–Kier alpha value is -1.77. The fourth-order valence-electron chi connectivity index (χ4n) is 2.13. The molecular formula is C13H15N3. The Kier molecular flexibility index (Phi) is 2.17. The fourth-order valence-corrected chi connectivity index (χ4v) is 2.13. The molecule has 0 atom stereocenters. The minimum absolute atomic E-state index is 1.05. The Labute approximate surface area is 95.1 Å². The lowest BCUT2D eigenvalue weighted by Crippen LogP contribution is -2.17. The van der Waals surface area contributed by atoms with E-state index in [4.69, 9.17) is 0 Å². The normalized spacial score (nSPS) is 14.3. The zero-order valence-corrected chi connectivity index (χ0v) is 9.40. The minimum atomic E-state index is 1.05. The van der Waals surface area contributed by atoms with Crippen molar-refractivity contribution in [1.29, 1.82) is 0 Å². The van der Waals surface area contributed by atoms with Crippen LogP contribution >= 0.6 is 0 Å². The average Bonchev–Trinajstić information content (AvgIpc) is 2.74. The summed E-state index contributed by atoms with van der Waals surface area (Å²) in [5.74, 6) is 2.21. The standard InChI is InChI=1S/C13H15N3/c1-10-3-5-11(6-4-10)13-15-9-12-14-7-2-8-16(12)13/h3-6,9,14H,2,7-8H2,1H3. The predicted molar refractivity (Wildman–Crippen MR) is 65.5 cm³/mol. The Morgan fingerprint density at radius 1 is 1.25 bits per heavy atom. The van der Waals surface area contributed by atoms with Crippen LogP contribution in [0.15, 0.2) is 30.5 Å². The van der Waals surface area contributed by atoms with E-state index >= 15 is 0 Å². The topological polar surface area (TPSA) is 29.9 Å². The first-order valence-electron chi connectivity index (χ1n) is 5.71. The second-order valence-corrected chi connectivity index (χ2v) is 4.27. The van der Waals surface area contributed by atoms with Gasteiger partial charge in [0.25, 0.3) is 0 Å². The Morgan fingerprint density at radius 2 is 2.06 bits per heavy atom. The first-order valence-corrected chi connectivity index (χ1v) is 5.71. The molecule has 1 N–H and O–H groups in total. The van der Waals surface area contributed by atoms with Crippen LogP contribution in [0.25, 0.3) is 11.4 Å². The molecule has 1 aliphatic rings. The Morgan fingerprint density at radius 3 is 2.88 bits per heavy atom. The lowest BCUT2D eigenvalue weighted by atomic mass is 10.1. The number of hydrogen-bond acceptors (Lipinski definition) is 2. The third kappa shape index (κ3) is 1.48. The van der Waals surface area contributed by atoms with Gasteiger partial charge in [0.2, 0.25) is 0 Å². The summed E-state index contributed by atoms with van der Waals surface area (Å²) in [6, 6.07) is 8.54. The molecule has 0 radical (unpaired) electrons. The second-order valence-electron chi connectivity index (χ2n) is 4.27. The molecule has 0 amide bonds. The molecule has 0 fully saturated rings. The minimum Gasteiger partial charge on any atom is -0.370 e. The number of anilines is 1. The van der Waals surface area contributed by atoms with Gasteiger partial charge in [-0.15, -0.1) is 0 Å². The van der Waals surface area contributed by atoms with Crippen LogP contribution < -0.4 is 5.32 Å². The van der Waals surface area contributed by atoms with Gasteiger partial charge in [-0.25, -0.2) is 4.98 Å². The summed E-state index contributed by atoms with van der Waals surface area (Å²) in [6.07, 6.45) is 3.09. The largest absolute Gasteiger partial charge is 0.370 e. The van der Waals surface area contributed by atoms with E-state index in [1.54, 1.807) is 0 Å². The van der Waals surface area contributed by atoms with E-state index in [1.807, 2.05) is 6.20 Å². The van der Waals surface area contributed by atoms with Crippen LogP contribution in [0, 0.1) is 6.92 Å². The van der Waals surface area contributed by atoms with Crippen LogP contribution in [0.5, 0.6) is 0 Å². The smallest absolute Gasteiger partial charge is 0.141 e. The van der Waals surface area contributed by atoms with Gasteiger partial charge >= 0.3 is 0 Å². The van der Waals surface area contributed by atoms with E-state index in [1.165, 1.54) is 17.5 Å². The van der Waals surface area contributed by atoms with Gasteiger partial charge in [-0.3, -0.25) is 0 Å². The van der Waals surface area contributed by atoms with Crippen molar-refractivity contribution in [1.82, 2.24) is 9.55 Å². The molecule has 3 rings (SSSR count). The molecule has 3 heteroatoms. The van der Waals surface area contributed by atoms with Gasteiger partial charge in [0.15, 0.2) is 0 Å². The molecule has 3 nitrogen and oxygen atoms in total. The SMILES string of the molecule is Cc1ccc(-c2ncc3n2CCCN3)cc1. The summed E-state index contributed by atoms with van der Waals surface area (Å²) >= 11 is 0. The van der Waals surface area contributed by atoms with Gasteiger partial charge < -0.3 is 9.88 Å². The highest BCUT2D eigenvalue weighted by atomic mass is 15.2. The van der Waals surface area contributed by atoms with E-state index in [0.717, 1.165) is 24.7 Å². The third-order valence-electron chi connectivity index (χ3n) is 3.03. The zero-order chi connectivity index (χ0) is 11.0. The van der Waals surface area contributed by atoms with Crippen LogP contribution in [0.3, 0.4) is 0 Å². The van der Waals surface area contributed by atoms with E-state index in [-0.39, 0.29) is 0 Å². The monoisotopic (exact) mass is 213 g/mol. The summed E-state index contributed by atoms with van der Waals surface area (Å²) in [7, 11) is 0. The number of nitrogens with zero attached hydrogens (tertiary/aromatic N) is 2. The fraction of sp³-hybridized carbons (Fsp3) is 0.308. The van der Waals surface area contributed by atoms with Gasteiger partial charge in [-0.2, -0.15) is 0 Å². The quantitative estimate of drug-likeness (QED) is 0.789. The van der Waals surface area contributed by atoms with Crippen LogP contribution in [0.1, 0.15) is 12.0 Å². The summed E-state index contributed by atoms with van der Waals surface area (Å²) in [5.41, 5.74) is 2.48. The van der Waals surface area contributed by atoms with E-state index in [9.17, 15) is 0 Å². The first-order chi connectivity index (χ1) is 7.84. The van der Waals surface area contributed by atoms with Crippen LogP contribution in [0.2, 0.25) is 0 Å². The van der Waals surface area contributed by atoms with Gasteiger partial charge in [0.1, 0.15) is 11.6 Å². The van der Waals surface area contributed by atoms with Crippen molar-refractivity contribution >= 4 is 5.82 Å². The Bertz CT molecular complexity index is 496. The van der Waals surface area contributed by atoms with Crippen molar-refractivity contribution in [3.8, 4) is 11.4 Å². The molecule has 16 heavy (non-hydrogen) atoms. The van der Waals surface area contributed by atoms with Crippen molar-refractivity contribution in [2.75, 3.05) is 11.9 Å². The highest BCUT2D eigenvalue weighted by Crippen LogP contribution is 2.25. The number of rotatable bonds is 1. The van der Waals surface area contributed by atoms with Gasteiger partial charge in [0, 0.05) is 18.7 Å². The van der Waals surface area contributed by atoms with E-state index in [0.29, 0.717) is 0 Å². The number of aromatic nitrogens is 2. The van der Waals surface area contributed by atoms with Gasteiger partial charge in [0.05, 0.1) is 6.20 Å². The van der Waals surface area contributed by atoms with Crippen molar-refractivity contribution in [2.45, 2.75) is 19.9 Å². The highest BCUT2D eigenvalue weighted by Gasteiger charge is 2.14. The average molecular weight is 213 g/mol. The molecule has 82 valence electrons. The van der Waals surface area contributed by atoms with Crippen molar-refractivity contribution in [3.05, 3.63) is 36.0 Å². The molecule has 0 aliphatic carbocycles. The Balaban J connectivity index is 2.06. The summed E-state index contributed by atoms with van der Waals surface area (Å²) in [5, 5.41) is 3.36. The van der Waals surface area contributed by atoms with Crippen LogP contribution in [-0.4, -0.2) is 16.1 Å². The maximum atomic E-state index is 4.50. The van der Waals surface area contributed by atoms with Crippen molar-refractivity contribution < 1.29 is 0 Å². The molecule has 1 aromatic heterocycles. The second kappa shape index (κ2) is 3.67. The summed E-state index contributed by atoms with van der Waals surface area (Å²) in [4.78, 5) is 4.50. The number of hydrogen-bond donors (Lipinski definition) is 1. The first kappa shape index (κ1) is 9.46. The summed E-state index contributed by atoms with van der Waals surface area (Å²) < 4.78 is 2.26. The van der Waals surface area contributed by atoms with Gasteiger partial charge in [-0.05, 0) is 13.3 Å². The zero-order valence-electron chi connectivity index (χ0n) is 9.40. The molecular weight excluding hydrogens is 198 g/mol. The summed E-state index contributed by atoms with van der Waals surface area (Å²) in [6.45, 7) is 4.22. The number of aryl methyl sites for hydroxylation is 1. The molecule has 2 aromatic rings. The lowest BCUT2D eigenvalue weighted by Gasteiger charge is -2.18. The van der Waals surface area contributed by atoms with Crippen molar-refractivity contribution in [2.24, 2.45) is 0 Å². The highest BCUT2D eigenvalue weighted by molar-refractivity contribution is 5.60. The van der Waals surface area contributed by atoms with E-state index in [2.05, 4.69) is 46.1 Å². The molecule has 0 unspecified atom stereocenters. The number of fused-ring (bicyclic) bond motifs is 1. The number of benzene rings is 1. The number of imidazole rings is 1. The molecule has 0 saturated heterocycles. The lowest BCUT2D eigenvalue weighted by molar-refractivity contribution is 0.636. The van der Waals surface area contributed by atoms with Crippen LogP contribution in [0.4, 0.5) is 5.82 Å². The number of nitrogens with one attached hydrogen (secondary N) is 1. The van der Waals surface area contributed by atoms with Crippen LogP contribution in [-0.2, 0) is 6.54 Å². The van der Waals surface area contributed by atoms with E-state index < -0.39 is 0 Å². The molecule has 1 aromatic carbocycles. The maximum absolute atomic E-state index is 4.50. The molecule has 0 bridgehead atoms. The maximum Gasteiger partial charge on any atom is 0.141 e. The predicted octanol–water partition coefficient (Wildman–Crippen LogP) is 2.67. The third-order valence-corrected chi connectivity index (χ3v) is 3.03. The molecule has 2 heterocycles. The molecule has 0 saturated carbocycles. The van der Waals surface area contributed by atoms with Gasteiger partial charge in [-0.1, -0.05) is 29.8 Å². The molecule has 0 spiro atoms. The molecule has 1 aliphatic heterocycles. The van der Waals surface area contributed by atoms with Crippen molar-refractivity contribution in [3.63, 3.8) is 0 Å².